The Balaban J connectivity index is 2.39. The molecule has 0 atom stereocenters. The maximum atomic E-state index is 8.93. The first-order valence-corrected chi connectivity index (χ1v) is 7.87. The topological polar surface area (TPSA) is 61.8 Å². The zero-order valence-electron chi connectivity index (χ0n) is 11.1. The maximum absolute atomic E-state index is 8.93. The van der Waals surface area contributed by atoms with Crippen molar-refractivity contribution >= 4 is 39.2 Å². The highest BCUT2D eigenvalue weighted by Crippen LogP contribution is 2.34. The van der Waals surface area contributed by atoms with Crippen LogP contribution >= 0.6 is 27.7 Å². The van der Waals surface area contributed by atoms with Crippen LogP contribution in [0.15, 0.2) is 27.8 Å². The lowest BCUT2D eigenvalue weighted by atomic mass is 10.1. The van der Waals surface area contributed by atoms with Gasteiger partial charge in [0.1, 0.15) is 0 Å². The lowest BCUT2D eigenvalue weighted by molar-refractivity contribution is 0.318. The average molecular weight is 344 g/mol. The summed E-state index contributed by atoms with van der Waals surface area (Å²) in [7, 11) is 0. The summed E-state index contributed by atoms with van der Waals surface area (Å²) in [6.07, 6.45) is 0. The first-order chi connectivity index (χ1) is 8.93. The number of benzene rings is 1. The van der Waals surface area contributed by atoms with Crippen LogP contribution in [0.5, 0.6) is 0 Å². The van der Waals surface area contributed by atoms with Crippen molar-refractivity contribution in [1.29, 1.82) is 0 Å². The SMILES string of the molecule is CC1(C)CN(c2ccc(Br)cc2/C(N)=N/O)CCS1. The fourth-order valence-corrected chi connectivity index (χ4v) is 3.74. The van der Waals surface area contributed by atoms with E-state index in [1.165, 1.54) is 0 Å². The predicted octanol–water partition coefficient (Wildman–Crippen LogP) is 2.88. The molecule has 104 valence electrons. The lowest BCUT2D eigenvalue weighted by Crippen LogP contribution is -2.43. The zero-order valence-corrected chi connectivity index (χ0v) is 13.5. The minimum Gasteiger partial charge on any atom is -0.409 e. The standard InChI is InChI=1S/C13H18BrN3OS/c1-13(2)8-17(5-6-19-13)11-4-3-9(14)7-10(11)12(15)16-18/h3-4,7,18H,5-6,8H2,1-2H3,(H2,15,16). The number of oxime groups is 1. The summed E-state index contributed by atoms with van der Waals surface area (Å²) < 4.78 is 1.14. The van der Waals surface area contributed by atoms with Gasteiger partial charge in [-0.1, -0.05) is 21.1 Å². The van der Waals surface area contributed by atoms with Crippen LogP contribution in [0.3, 0.4) is 0 Å². The summed E-state index contributed by atoms with van der Waals surface area (Å²) in [5.41, 5.74) is 7.57. The molecule has 0 amide bonds. The fraction of sp³-hybridized carbons (Fsp3) is 0.462. The van der Waals surface area contributed by atoms with Crippen LogP contribution in [0.2, 0.25) is 0 Å². The number of rotatable bonds is 2. The van der Waals surface area contributed by atoms with Gasteiger partial charge >= 0.3 is 0 Å². The Morgan fingerprint density at radius 2 is 2.26 bits per heavy atom. The molecule has 0 bridgehead atoms. The molecular formula is C13H18BrN3OS. The van der Waals surface area contributed by atoms with Crippen molar-refractivity contribution in [2.75, 3.05) is 23.7 Å². The van der Waals surface area contributed by atoms with Crippen molar-refractivity contribution in [2.45, 2.75) is 18.6 Å². The monoisotopic (exact) mass is 343 g/mol. The molecule has 3 N–H and O–H groups in total. The van der Waals surface area contributed by atoms with Gasteiger partial charge in [-0.3, -0.25) is 0 Å². The zero-order chi connectivity index (χ0) is 14.0. The third-order valence-electron chi connectivity index (χ3n) is 3.11. The molecule has 2 rings (SSSR count). The molecule has 0 spiro atoms. The first-order valence-electron chi connectivity index (χ1n) is 6.09. The van der Waals surface area contributed by atoms with Crippen LogP contribution in [0.4, 0.5) is 5.69 Å². The molecule has 1 saturated heterocycles. The molecule has 0 aromatic heterocycles. The van der Waals surface area contributed by atoms with E-state index < -0.39 is 0 Å². The summed E-state index contributed by atoms with van der Waals surface area (Å²) in [5.74, 6) is 1.23. The van der Waals surface area contributed by atoms with E-state index in [-0.39, 0.29) is 10.6 Å². The highest BCUT2D eigenvalue weighted by atomic mass is 79.9. The number of hydrogen-bond acceptors (Lipinski definition) is 4. The van der Waals surface area contributed by atoms with Crippen LogP contribution in [0.25, 0.3) is 0 Å². The molecule has 1 aliphatic rings. The normalized spacial score (nSPS) is 19.5. The van der Waals surface area contributed by atoms with Gasteiger partial charge in [0.2, 0.25) is 0 Å². The van der Waals surface area contributed by atoms with Crippen LogP contribution in [-0.4, -0.2) is 34.6 Å². The molecule has 1 aromatic carbocycles. The van der Waals surface area contributed by atoms with E-state index in [0.717, 1.165) is 34.6 Å². The highest BCUT2D eigenvalue weighted by Gasteiger charge is 2.28. The number of nitrogens with two attached hydrogens (primary N) is 1. The largest absolute Gasteiger partial charge is 0.409 e. The van der Waals surface area contributed by atoms with Gasteiger partial charge in [-0.15, -0.1) is 0 Å². The second-order valence-electron chi connectivity index (χ2n) is 5.18. The maximum Gasteiger partial charge on any atom is 0.172 e. The molecule has 6 heteroatoms. The number of anilines is 1. The second-order valence-corrected chi connectivity index (χ2v) is 7.89. The van der Waals surface area contributed by atoms with E-state index >= 15 is 0 Å². The minimum absolute atomic E-state index is 0.146. The summed E-state index contributed by atoms with van der Waals surface area (Å²) in [6.45, 7) is 6.41. The van der Waals surface area contributed by atoms with Gasteiger partial charge < -0.3 is 15.8 Å². The van der Waals surface area contributed by atoms with Gasteiger partial charge in [0.15, 0.2) is 5.84 Å². The van der Waals surface area contributed by atoms with E-state index in [2.05, 4.69) is 39.8 Å². The van der Waals surface area contributed by atoms with E-state index in [0.29, 0.717) is 0 Å². The van der Waals surface area contributed by atoms with E-state index in [1.807, 2.05) is 30.0 Å². The smallest absolute Gasteiger partial charge is 0.172 e. The summed E-state index contributed by atoms with van der Waals surface area (Å²) >= 11 is 5.41. The van der Waals surface area contributed by atoms with Gasteiger partial charge in [-0.05, 0) is 32.0 Å². The van der Waals surface area contributed by atoms with Gasteiger partial charge in [-0.2, -0.15) is 11.8 Å². The van der Waals surface area contributed by atoms with Crippen molar-refractivity contribution in [1.82, 2.24) is 0 Å². The van der Waals surface area contributed by atoms with Gasteiger partial charge in [-0.25, -0.2) is 0 Å². The third kappa shape index (κ3) is 3.36. The van der Waals surface area contributed by atoms with E-state index in [4.69, 9.17) is 10.9 Å². The number of hydrogen-bond donors (Lipinski definition) is 2. The average Bonchev–Trinajstić information content (AvgIpc) is 2.36. The summed E-state index contributed by atoms with van der Waals surface area (Å²) in [5, 5.41) is 12.1. The molecule has 0 unspecified atom stereocenters. The molecule has 1 aromatic rings. The molecule has 19 heavy (non-hydrogen) atoms. The number of halogens is 1. The van der Waals surface area contributed by atoms with Crippen molar-refractivity contribution in [3.8, 4) is 0 Å². The minimum atomic E-state index is 0.146. The second kappa shape index (κ2) is 5.63. The molecule has 1 heterocycles. The summed E-state index contributed by atoms with van der Waals surface area (Å²) in [4.78, 5) is 2.30. The quantitative estimate of drug-likeness (QED) is 0.375. The number of thioether (sulfide) groups is 1. The Bertz CT molecular complexity index is 505. The molecule has 1 fully saturated rings. The fourth-order valence-electron chi connectivity index (χ4n) is 2.27. The number of nitrogens with zero attached hydrogens (tertiary/aromatic N) is 2. The lowest BCUT2D eigenvalue weighted by Gasteiger charge is -2.39. The molecule has 0 saturated carbocycles. The van der Waals surface area contributed by atoms with Crippen LogP contribution in [0.1, 0.15) is 19.4 Å². The van der Waals surface area contributed by atoms with Gasteiger partial charge in [0.05, 0.1) is 0 Å². The van der Waals surface area contributed by atoms with Crippen molar-refractivity contribution < 1.29 is 5.21 Å². The van der Waals surface area contributed by atoms with E-state index in [1.54, 1.807) is 0 Å². The third-order valence-corrected chi connectivity index (χ3v) is 4.90. The Hall–Kier alpha value is -0.880. The Morgan fingerprint density at radius 1 is 1.53 bits per heavy atom. The predicted molar refractivity (Wildman–Crippen MR) is 85.4 cm³/mol. The Morgan fingerprint density at radius 3 is 2.89 bits per heavy atom. The Kier molecular flexibility index (Phi) is 4.30. The number of amidine groups is 1. The molecule has 4 nitrogen and oxygen atoms in total. The van der Waals surface area contributed by atoms with Crippen molar-refractivity contribution in [3.05, 3.63) is 28.2 Å². The van der Waals surface area contributed by atoms with Gasteiger partial charge in [0.25, 0.3) is 0 Å². The van der Waals surface area contributed by atoms with Crippen molar-refractivity contribution in [3.63, 3.8) is 0 Å². The van der Waals surface area contributed by atoms with E-state index in [9.17, 15) is 0 Å². The van der Waals surface area contributed by atoms with Crippen LogP contribution in [0, 0.1) is 0 Å². The van der Waals surface area contributed by atoms with Gasteiger partial charge in [0, 0.05) is 39.3 Å². The first kappa shape index (κ1) is 14.5. The molecule has 0 radical (unpaired) electrons. The van der Waals surface area contributed by atoms with Crippen molar-refractivity contribution in [2.24, 2.45) is 10.9 Å². The van der Waals surface area contributed by atoms with Crippen LogP contribution in [-0.2, 0) is 0 Å². The van der Waals surface area contributed by atoms with Crippen LogP contribution < -0.4 is 10.6 Å². The summed E-state index contributed by atoms with van der Waals surface area (Å²) in [6, 6.07) is 5.89. The Labute approximate surface area is 126 Å². The molecule has 0 aliphatic carbocycles. The highest BCUT2D eigenvalue weighted by molar-refractivity contribution is 9.10. The molecule has 1 aliphatic heterocycles. The molecular weight excluding hydrogens is 326 g/mol.